The normalized spacial score (nSPS) is 17.5. The van der Waals surface area contributed by atoms with E-state index >= 15 is 0 Å². The molecule has 0 bridgehead atoms. The number of carbonyl (C=O) groups excluding carboxylic acids is 2. The number of amides is 2. The van der Waals surface area contributed by atoms with E-state index < -0.39 is 29.1 Å². The average Bonchev–Trinajstić information content (AvgIpc) is 2.96. The highest BCUT2D eigenvalue weighted by molar-refractivity contribution is 8.68. The maximum atomic E-state index is 11.8. The highest BCUT2D eigenvalue weighted by Gasteiger charge is 2.30. The highest BCUT2D eigenvalue weighted by atomic mass is 32.9. The predicted octanol–water partition coefficient (Wildman–Crippen LogP) is 6.55. The van der Waals surface area contributed by atoms with E-state index in [2.05, 4.69) is 38.8 Å². The van der Waals surface area contributed by atoms with Gasteiger partial charge in [0.25, 0.3) is 0 Å². The number of ether oxygens (including phenoxy) is 2. The number of benzene rings is 1. The van der Waals surface area contributed by atoms with Gasteiger partial charge in [-0.15, -0.1) is 6.42 Å². The van der Waals surface area contributed by atoms with E-state index in [4.69, 9.17) is 45.1 Å². The quantitative estimate of drug-likeness (QED) is 0.158. The Morgan fingerprint density at radius 1 is 1.07 bits per heavy atom. The molecule has 0 spiro atoms. The summed E-state index contributed by atoms with van der Waals surface area (Å²) in [6.07, 6.45) is 7.82. The lowest BCUT2D eigenvalue weighted by Crippen LogP contribution is -2.37. The molecule has 0 saturated heterocycles. The molecule has 244 valence electrons. The monoisotopic (exact) mass is 679 g/mol. The molecule has 3 atom stereocenters. The molecule has 1 aliphatic carbocycles. The van der Waals surface area contributed by atoms with E-state index in [1.165, 1.54) is 12.6 Å². The SMILES string of the molecule is C#CCOS(=O)OC1CCCCC1Oc1ccc(C(C)(C)C)cc1.CCOC(=O)N(C)C(=O)CSP(=S)(OCC)OCC. The molecule has 0 radical (unpaired) electrons. The van der Waals surface area contributed by atoms with Gasteiger partial charge in [0.15, 0.2) is 0 Å². The Bertz CT molecular complexity index is 1100. The molecule has 2 rings (SSSR count). The Hall–Kier alpha value is -1.49. The lowest BCUT2D eigenvalue weighted by atomic mass is 9.87. The number of nitrogens with zero attached hydrogens (tertiary/aromatic N) is 1. The largest absolute Gasteiger partial charge is 0.488 e. The summed E-state index contributed by atoms with van der Waals surface area (Å²) in [5, 5.41) is 0. The lowest BCUT2D eigenvalue weighted by molar-refractivity contribution is -0.125. The number of carbonyl (C=O) groups is 2. The number of hydrogen-bond acceptors (Lipinski definition) is 11. The summed E-state index contributed by atoms with van der Waals surface area (Å²) >= 11 is 4.56. The molecule has 2 amide bonds. The molecule has 1 aromatic rings. The fraction of sp³-hybridized carbons (Fsp3) is 0.655. The molecular formula is C29H46NO9PS3. The van der Waals surface area contributed by atoms with Crippen molar-refractivity contribution in [3.8, 4) is 18.1 Å². The maximum absolute atomic E-state index is 11.8. The highest BCUT2D eigenvalue weighted by Crippen LogP contribution is 2.60. The van der Waals surface area contributed by atoms with Crippen molar-refractivity contribution in [2.45, 2.75) is 84.8 Å². The van der Waals surface area contributed by atoms with Crippen LogP contribution in [0.15, 0.2) is 24.3 Å². The van der Waals surface area contributed by atoms with Crippen molar-refractivity contribution >= 4 is 52.2 Å². The van der Waals surface area contributed by atoms with Crippen molar-refractivity contribution in [1.82, 2.24) is 4.90 Å². The minimum Gasteiger partial charge on any atom is -0.488 e. The van der Waals surface area contributed by atoms with Crippen LogP contribution in [0.4, 0.5) is 4.79 Å². The number of rotatable bonds is 14. The van der Waals surface area contributed by atoms with Gasteiger partial charge < -0.3 is 18.5 Å². The Balaban J connectivity index is 0.000000444. The van der Waals surface area contributed by atoms with Crippen molar-refractivity contribution in [2.75, 3.05) is 39.2 Å². The number of terminal acetylenes is 1. The second-order valence-corrected chi connectivity index (χ2v) is 17.4. The van der Waals surface area contributed by atoms with Gasteiger partial charge in [-0.05, 0) is 75.0 Å². The van der Waals surface area contributed by atoms with E-state index in [1.54, 1.807) is 6.92 Å². The zero-order chi connectivity index (χ0) is 32.5. The van der Waals surface area contributed by atoms with Crippen molar-refractivity contribution in [1.29, 1.82) is 0 Å². The third kappa shape index (κ3) is 15.4. The first-order chi connectivity index (χ1) is 20.3. The molecule has 10 nitrogen and oxygen atoms in total. The van der Waals surface area contributed by atoms with Gasteiger partial charge in [-0.2, -0.15) is 4.21 Å². The van der Waals surface area contributed by atoms with E-state index in [0.29, 0.717) is 13.2 Å². The first-order valence-electron chi connectivity index (χ1n) is 14.2. The van der Waals surface area contributed by atoms with Gasteiger partial charge in [0.05, 0.1) is 25.6 Å². The molecule has 1 saturated carbocycles. The molecule has 0 aliphatic heterocycles. The Morgan fingerprint density at radius 2 is 1.65 bits per heavy atom. The first-order valence-corrected chi connectivity index (χ1v) is 19.4. The Kier molecular flexibility index (Phi) is 18.9. The van der Waals surface area contributed by atoms with Crippen LogP contribution in [-0.2, 0) is 55.5 Å². The first kappa shape index (κ1) is 39.5. The van der Waals surface area contributed by atoms with Crippen LogP contribution in [0, 0.1) is 12.3 Å². The number of hydrogen-bond donors (Lipinski definition) is 0. The minimum atomic E-state index is -2.51. The minimum absolute atomic E-state index is 0.0204. The van der Waals surface area contributed by atoms with E-state index in [9.17, 15) is 13.8 Å². The maximum Gasteiger partial charge on any atom is 0.416 e. The van der Waals surface area contributed by atoms with Gasteiger partial charge in [-0.1, -0.05) is 56.6 Å². The summed E-state index contributed by atoms with van der Waals surface area (Å²) in [7, 11) is 1.37. The Morgan fingerprint density at radius 3 is 2.16 bits per heavy atom. The molecule has 1 aromatic carbocycles. The molecule has 0 N–H and O–H groups in total. The van der Waals surface area contributed by atoms with Crippen molar-refractivity contribution in [2.24, 2.45) is 0 Å². The van der Waals surface area contributed by atoms with Crippen LogP contribution in [0.2, 0.25) is 0 Å². The predicted molar refractivity (Wildman–Crippen MR) is 176 cm³/mol. The summed E-state index contributed by atoms with van der Waals surface area (Å²) in [6.45, 7) is 12.9. The molecule has 14 heteroatoms. The van der Waals surface area contributed by atoms with Crippen molar-refractivity contribution in [3.05, 3.63) is 29.8 Å². The molecule has 1 aliphatic rings. The second-order valence-electron chi connectivity index (χ2n) is 10.2. The average molecular weight is 680 g/mol. The summed E-state index contributed by atoms with van der Waals surface area (Å²) < 4.78 is 43.7. The van der Waals surface area contributed by atoms with E-state index in [1.807, 2.05) is 26.0 Å². The summed E-state index contributed by atoms with van der Waals surface area (Å²) in [5.41, 5.74) is -1.14. The van der Waals surface area contributed by atoms with Gasteiger partial charge in [0.2, 0.25) is 11.6 Å². The van der Waals surface area contributed by atoms with Gasteiger partial charge >= 0.3 is 17.5 Å². The van der Waals surface area contributed by atoms with Gasteiger partial charge in [0.1, 0.15) is 24.6 Å². The van der Waals surface area contributed by atoms with Crippen LogP contribution in [0.5, 0.6) is 5.75 Å². The van der Waals surface area contributed by atoms with Crippen LogP contribution >= 0.6 is 17.1 Å². The second kappa shape index (κ2) is 20.5. The van der Waals surface area contributed by atoms with Crippen LogP contribution in [-0.4, -0.2) is 72.5 Å². The third-order valence-electron chi connectivity index (χ3n) is 5.93. The molecule has 0 heterocycles. The molecule has 1 fully saturated rings. The lowest BCUT2D eigenvalue weighted by Gasteiger charge is -2.30. The van der Waals surface area contributed by atoms with Gasteiger partial charge in [0, 0.05) is 7.05 Å². The summed E-state index contributed by atoms with van der Waals surface area (Å²) in [6, 6.07) is 8.14. The van der Waals surface area contributed by atoms with Gasteiger partial charge in [-0.25, -0.2) is 9.69 Å². The van der Waals surface area contributed by atoms with E-state index in [-0.39, 0.29) is 36.6 Å². The summed E-state index contributed by atoms with van der Waals surface area (Å²) in [4.78, 5) is 24.1. The van der Waals surface area contributed by atoms with Crippen LogP contribution in [0.1, 0.15) is 72.8 Å². The van der Waals surface area contributed by atoms with E-state index in [0.717, 1.165) is 47.7 Å². The van der Waals surface area contributed by atoms with Crippen LogP contribution in [0.3, 0.4) is 0 Å². The zero-order valence-electron chi connectivity index (χ0n) is 26.2. The van der Waals surface area contributed by atoms with Crippen molar-refractivity contribution < 1.29 is 40.7 Å². The molecule has 43 heavy (non-hydrogen) atoms. The van der Waals surface area contributed by atoms with Crippen molar-refractivity contribution in [3.63, 3.8) is 0 Å². The molecule has 3 unspecified atom stereocenters. The number of imide groups is 1. The van der Waals surface area contributed by atoms with Crippen LogP contribution in [0.25, 0.3) is 0 Å². The smallest absolute Gasteiger partial charge is 0.416 e. The van der Waals surface area contributed by atoms with Gasteiger partial charge in [-0.3, -0.25) is 13.2 Å². The molecule has 0 aromatic heterocycles. The topological polar surface area (TPSA) is 110 Å². The third-order valence-corrected chi connectivity index (χ3v) is 12.0. The standard InChI is InChI=1S/C19H26O4S.C10H20NO5PS2/c1-5-14-21-24(20)23-18-9-7-6-8-17(18)22-16-12-10-15(11-13-16)19(2,3)4;1-5-14-10(13)11(4)9(12)8-19-17(18,15-6-2)16-7-3/h1,10-13,17-18H,6-9,14H2,2-4H3;5-8H2,1-4H3. The fourth-order valence-electron chi connectivity index (χ4n) is 3.71. The Labute approximate surface area is 269 Å². The zero-order valence-corrected chi connectivity index (χ0v) is 29.5. The summed E-state index contributed by atoms with van der Waals surface area (Å²) in [5.74, 6) is 2.71. The fourth-order valence-corrected chi connectivity index (χ4v) is 8.66. The molecular weight excluding hydrogens is 633 g/mol. The van der Waals surface area contributed by atoms with Crippen LogP contribution < -0.4 is 4.74 Å².